The van der Waals surface area contributed by atoms with Gasteiger partial charge in [0.25, 0.3) is 5.91 Å². The first-order valence-electron chi connectivity index (χ1n) is 8.44. The molecule has 1 amide bonds. The number of amides is 1. The van der Waals surface area contributed by atoms with Gasteiger partial charge in [0.15, 0.2) is 0 Å². The molecule has 0 radical (unpaired) electrons. The number of hydrogen-bond acceptors (Lipinski definition) is 5. The van der Waals surface area contributed by atoms with Crippen LogP contribution in [0.15, 0.2) is 60.8 Å². The minimum absolute atomic E-state index is 0.0155. The van der Waals surface area contributed by atoms with Gasteiger partial charge in [0.2, 0.25) is 5.95 Å². The Morgan fingerprint density at radius 3 is 2.56 bits per heavy atom. The second kappa shape index (κ2) is 8.27. The number of carbonyl (C=O) groups excluding carboxylic acids is 1. The van der Waals surface area contributed by atoms with Crippen LogP contribution in [0.4, 0.5) is 21.7 Å². The third kappa shape index (κ3) is 5.01. The maximum atomic E-state index is 13.0. The Morgan fingerprint density at radius 2 is 1.81 bits per heavy atom. The van der Waals surface area contributed by atoms with Gasteiger partial charge in [-0.05, 0) is 56.3 Å². The molecule has 6 nitrogen and oxygen atoms in total. The van der Waals surface area contributed by atoms with E-state index in [-0.39, 0.29) is 23.6 Å². The summed E-state index contributed by atoms with van der Waals surface area (Å²) in [5.41, 5.74) is 1.35. The summed E-state index contributed by atoms with van der Waals surface area (Å²) in [5, 5.41) is 5.73. The van der Waals surface area contributed by atoms with Crippen molar-refractivity contribution in [3.63, 3.8) is 0 Å². The van der Waals surface area contributed by atoms with E-state index in [1.165, 1.54) is 36.5 Å². The molecule has 2 N–H and O–H groups in total. The van der Waals surface area contributed by atoms with Gasteiger partial charge in [-0.15, -0.1) is 0 Å². The lowest BCUT2D eigenvalue weighted by Gasteiger charge is -2.14. The van der Waals surface area contributed by atoms with Gasteiger partial charge in [-0.3, -0.25) is 4.79 Å². The van der Waals surface area contributed by atoms with Crippen molar-refractivity contribution in [3.8, 4) is 5.75 Å². The number of aromatic nitrogens is 2. The van der Waals surface area contributed by atoms with Gasteiger partial charge in [0.1, 0.15) is 17.3 Å². The molecule has 0 aliphatic rings. The van der Waals surface area contributed by atoms with Crippen molar-refractivity contribution in [3.05, 3.63) is 72.3 Å². The molecule has 27 heavy (non-hydrogen) atoms. The normalized spacial score (nSPS) is 10.5. The Bertz CT molecular complexity index is 929. The standard InChI is InChI=1S/C20H19FN4O2/c1-13(2)27-18-6-4-3-5-16(18)24-20-22-12-11-17(25-20)19(26)23-15-9-7-14(21)8-10-15/h3-13H,1-2H3,(H,23,26)(H,22,24,25). The number of nitrogens with zero attached hydrogens (tertiary/aromatic N) is 2. The zero-order valence-corrected chi connectivity index (χ0v) is 14.9. The SMILES string of the molecule is CC(C)Oc1ccccc1Nc1nccc(C(=O)Nc2ccc(F)cc2)n1. The topological polar surface area (TPSA) is 76.1 Å². The fourth-order valence-corrected chi connectivity index (χ4v) is 2.32. The van der Waals surface area contributed by atoms with Crippen LogP contribution < -0.4 is 15.4 Å². The van der Waals surface area contributed by atoms with Crippen molar-refractivity contribution in [2.24, 2.45) is 0 Å². The Hall–Kier alpha value is -3.48. The first-order chi connectivity index (χ1) is 13.0. The highest BCUT2D eigenvalue weighted by Gasteiger charge is 2.11. The fourth-order valence-electron chi connectivity index (χ4n) is 2.32. The highest BCUT2D eigenvalue weighted by molar-refractivity contribution is 6.03. The van der Waals surface area contributed by atoms with Crippen LogP contribution in [0.25, 0.3) is 0 Å². The Labute approximate surface area is 156 Å². The van der Waals surface area contributed by atoms with E-state index in [4.69, 9.17) is 4.74 Å². The second-order valence-electron chi connectivity index (χ2n) is 6.01. The van der Waals surface area contributed by atoms with Gasteiger partial charge in [-0.25, -0.2) is 14.4 Å². The molecule has 0 bridgehead atoms. The summed E-state index contributed by atoms with van der Waals surface area (Å²) in [7, 11) is 0. The van der Waals surface area contributed by atoms with E-state index in [0.717, 1.165) is 0 Å². The van der Waals surface area contributed by atoms with Crippen LogP contribution in [-0.2, 0) is 0 Å². The summed E-state index contributed by atoms with van der Waals surface area (Å²) >= 11 is 0. The summed E-state index contributed by atoms with van der Waals surface area (Å²) in [4.78, 5) is 20.8. The largest absolute Gasteiger partial charge is 0.489 e. The van der Waals surface area contributed by atoms with Crippen molar-refractivity contribution in [1.82, 2.24) is 9.97 Å². The molecule has 7 heteroatoms. The van der Waals surface area contributed by atoms with Crippen molar-refractivity contribution in [1.29, 1.82) is 0 Å². The van der Waals surface area contributed by atoms with Crippen LogP contribution in [0, 0.1) is 5.82 Å². The number of hydrogen-bond donors (Lipinski definition) is 2. The second-order valence-corrected chi connectivity index (χ2v) is 6.01. The number of nitrogens with one attached hydrogen (secondary N) is 2. The molecule has 1 heterocycles. The summed E-state index contributed by atoms with van der Waals surface area (Å²) < 4.78 is 18.7. The number of para-hydroxylation sites is 2. The molecule has 0 saturated heterocycles. The molecule has 2 aromatic carbocycles. The molecule has 0 aliphatic carbocycles. The number of ether oxygens (including phenoxy) is 1. The first kappa shape index (κ1) is 18.3. The van der Waals surface area contributed by atoms with Gasteiger partial charge in [-0.2, -0.15) is 0 Å². The number of benzene rings is 2. The van der Waals surface area contributed by atoms with E-state index in [2.05, 4.69) is 20.6 Å². The Morgan fingerprint density at radius 1 is 1.07 bits per heavy atom. The summed E-state index contributed by atoms with van der Waals surface area (Å²) in [5.74, 6) is 0.140. The lowest BCUT2D eigenvalue weighted by Crippen LogP contribution is -2.15. The van der Waals surface area contributed by atoms with E-state index in [1.54, 1.807) is 0 Å². The fraction of sp³-hybridized carbons (Fsp3) is 0.150. The van der Waals surface area contributed by atoms with Crippen molar-refractivity contribution < 1.29 is 13.9 Å². The van der Waals surface area contributed by atoms with Crippen molar-refractivity contribution >= 4 is 23.2 Å². The third-order valence-electron chi connectivity index (χ3n) is 3.49. The third-order valence-corrected chi connectivity index (χ3v) is 3.49. The highest BCUT2D eigenvalue weighted by atomic mass is 19.1. The van der Waals surface area contributed by atoms with E-state index >= 15 is 0 Å². The molecule has 0 spiro atoms. The predicted octanol–water partition coefficient (Wildman–Crippen LogP) is 4.40. The lowest BCUT2D eigenvalue weighted by molar-refractivity contribution is 0.102. The monoisotopic (exact) mass is 366 g/mol. The van der Waals surface area contributed by atoms with Crippen molar-refractivity contribution in [2.75, 3.05) is 10.6 Å². The molecule has 3 rings (SSSR count). The quantitative estimate of drug-likeness (QED) is 0.676. The summed E-state index contributed by atoms with van der Waals surface area (Å²) in [6.45, 7) is 3.88. The lowest BCUT2D eigenvalue weighted by atomic mass is 10.3. The van der Waals surface area contributed by atoms with E-state index in [1.807, 2.05) is 38.1 Å². The molecule has 0 saturated carbocycles. The number of anilines is 3. The van der Waals surface area contributed by atoms with Gasteiger partial charge >= 0.3 is 0 Å². The zero-order chi connectivity index (χ0) is 19.2. The maximum Gasteiger partial charge on any atom is 0.274 e. The predicted molar refractivity (Wildman–Crippen MR) is 102 cm³/mol. The molecule has 0 aliphatic heterocycles. The number of halogens is 1. The number of carbonyl (C=O) groups is 1. The molecular formula is C20H19FN4O2. The molecule has 3 aromatic rings. The van der Waals surface area contributed by atoms with Crippen LogP contribution in [0.2, 0.25) is 0 Å². The van der Waals surface area contributed by atoms with Crippen LogP contribution in [0.1, 0.15) is 24.3 Å². The maximum absolute atomic E-state index is 13.0. The minimum atomic E-state index is -0.418. The first-order valence-corrected chi connectivity index (χ1v) is 8.44. The van der Waals surface area contributed by atoms with Gasteiger partial charge < -0.3 is 15.4 Å². The summed E-state index contributed by atoms with van der Waals surface area (Å²) in [6, 6.07) is 14.4. The van der Waals surface area contributed by atoms with Crippen molar-refractivity contribution in [2.45, 2.75) is 20.0 Å². The van der Waals surface area contributed by atoms with Crippen LogP contribution >= 0.6 is 0 Å². The van der Waals surface area contributed by atoms with Crippen LogP contribution in [0.3, 0.4) is 0 Å². The Kier molecular flexibility index (Phi) is 5.61. The average molecular weight is 366 g/mol. The van der Waals surface area contributed by atoms with Crippen LogP contribution in [0.5, 0.6) is 5.75 Å². The molecular weight excluding hydrogens is 347 g/mol. The minimum Gasteiger partial charge on any atom is -0.489 e. The van der Waals surface area contributed by atoms with E-state index < -0.39 is 5.91 Å². The van der Waals surface area contributed by atoms with Gasteiger partial charge in [0, 0.05) is 11.9 Å². The Balaban J connectivity index is 1.76. The molecule has 0 atom stereocenters. The molecule has 0 unspecified atom stereocenters. The highest BCUT2D eigenvalue weighted by Crippen LogP contribution is 2.27. The summed E-state index contributed by atoms with van der Waals surface area (Å²) in [6.07, 6.45) is 1.50. The average Bonchev–Trinajstić information content (AvgIpc) is 2.65. The van der Waals surface area contributed by atoms with E-state index in [9.17, 15) is 9.18 Å². The number of rotatable bonds is 6. The molecule has 1 aromatic heterocycles. The van der Waals surface area contributed by atoms with Gasteiger partial charge in [0.05, 0.1) is 11.8 Å². The van der Waals surface area contributed by atoms with Crippen LogP contribution in [-0.4, -0.2) is 22.0 Å². The molecule has 0 fully saturated rings. The van der Waals surface area contributed by atoms with E-state index in [0.29, 0.717) is 17.1 Å². The smallest absolute Gasteiger partial charge is 0.274 e. The zero-order valence-electron chi connectivity index (χ0n) is 14.9. The molecule has 138 valence electrons. The van der Waals surface area contributed by atoms with Gasteiger partial charge in [-0.1, -0.05) is 12.1 Å².